The Kier molecular flexibility index (Phi) is 12.3. The zero-order chi connectivity index (χ0) is 16.1. The molecule has 3 heteroatoms. The first-order valence-electron chi connectivity index (χ1n) is 8.78. The molecule has 0 aromatic carbocycles. The Morgan fingerprint density at radius 1 is 0.714 bits per heavy atom. The highest BCUT2D eigenvalue weighted by atomic mass is 16.6. The number of hydrogen-bond donors (Lipinski definition) is 0. The van der Waals surface area contributed by atoms with E-state index < -0.39 is 0 Å². The van der Waals surface area contributed by atoms with E-state index in [0.717, 1.165) is 38.5 Å². The molecule has 0 bridgehead atoms. The predicted molar refractivity (Wildman–Crippen MR) is 86.9 cm³/mol. The van der Waals surface area contributed by atoms with Crippen LogP contribution < -0.4 is 0 Å². The van der Waals surface area contributed by atoms with Crippen LogP contribution in [0.2, 0.25) is 0 Å². The Hall–Kier alpha value is -0.860. The van der Waals surface area contributed by atoms with Gasteiger partial charge in [-0.15, -0.1) is 0 Å². The van der Waals surface area contributed by atoms with E-state index >= 15 is 0 Å². The summed E-state index contributed by atoms with van der Waals surface area (Å²) in [6.07, 6.45) is 10.8. The van der Waals surface area contributed by atoms with Gasteiger partial charge in [0.2, 0.25) is 0 Å². The zero-order valence-electron chi connectivity index (χ0n) is 14.5. The standard InChI is InChI=1S/C18H34O3/c1-5-7-9-11-13-15(3)17(19)21-18(20)16(4)14-12-10-8-6-2/h15-16H,5-14H2,1-4H3. The normalized spacial score (nSPS) is 13.7. The lowest BCUT2D eigenvalue weighted by atomic mass is 10.0. The van der Waals surface area contributed by atoms with E-state index in [-0.39, 0.29) is 23.8 Å². The van der Waals surface area contributed by atoms with Crippen LogP contribution in [0.1, 0.15) is 91.9 Å². The fraction of sp³-hybridized carbons (Fsp3) is 0.889. The van der Waals surface area contributed by atoms with E-state index in [1.165, 1.54) is 25.7 Å². The molecule has 0 saturated carbocycles. The molecule has 0 fully saturated rings. The molecular formula is C18H34O3. The van der Waals surface area contributed by atoms with Gasteiger partial charge in [0.1, 0.15) is 0 Å². The van der Waals surface area contributed by atoms with Gasteiger partial charge in [-0.3, -0.25) is 9.59 Å². The summed E-state index contributed by atoms with van der Waals surface area (Å²) in [6, 6.07) is 0. The van der Waals surface area contributed by atoms with Crippen LogP contribution in [-0.2, 0) is 14.3 Å². The molecule has 0 saturated heterocycles. The molecule has 0 radical (unpaired) electrons. The SMILES string of the molecule is CCCCCCC(C)C(=O)OC(=O)C(C)CCCCCC. The van der Waals surface area contributed by atoms with E-state index in [4.69, 9.17) is 4.74 Å². The lowest BCUT2D eigenvalue weighted by Gasteiger charge is -2.13. The van der Waals surface area contributed by atoms with Gasteiger partial charge in [-0.1, -0.05) is 79.1 Å². The highest BCUT2D eigenvalue weighted by Gasteiger charge is 2.21. The second kappa shape index (κ2) is 12.8. The van der Waals surface area contributed by atoms with Crippen molar-refractivity contribution in [3.05, 3.63) is 0 Å². The summed E-state index contributed by atoms with van der Waals surface area (Å²) >= 11 is 0. The number of carbonyl (C=O) groups is 2. The first-order chi connectivity index (χ1) is 10.0. The van der Waals surface area contributed by atoms with Crippen molar-refractivity contribution in [2.75, 3.05) is 0 Å². The second-order valence-electron chi connectivity index (χ2n) is 6.24. The largest absolute Gasteiger partial charge is 0.393 e. The van der Waals surface area contributed by atoms with Crippen molar-refractivity contribution in [3.8, 4) is 0 Å². The summed E-state index contributed by atoms with van der Waals surface area (Å²) in [4.78, 5) is 23.7. The van der Waals surface area contributed by atoms with Gasteiger partial charge >= 0.3 is 11.9 Å². The predicted octanol–water partition coefficient (Wildman–Crippen LogP) is 5.27. The fourth-order valence-corrected chi connectivity index (χ4v) is 2.29. The van der Waals surface area contributed by atoms with E-state index in [1.807, 2.05) is 13.8 Å². The Morgan fingerprint density at radius 3 is 1.43 bits per heavy atom. The average Bonchev–Trinajstić information content (AvgIpc) is 2.47. The molecule has 0 aromatic rings. The Balaban J connectivity index is 3.87. The smallest absolute Gasteiger partial charge is 0.316 e. The van der Waals surface area contributed by atoms with Crippen LogP contribution in [0.25, 0.3) is 0 Å². The van der Waals surface area contributed by atoms with E-state index in [2.05, 4.69) is 13.8 Å². The lowest BCUT2D eigenvalue weighted by molar-refractivity contribution is -0.165. The van der Waals surface area contributed by atoms with Gasteiger partial charge in [-0.05, 0) is 12.8 Å². The molecule has 124 valence electrons. The summed E-state index contributed by atoms with van der Waals surface area (Å²) in [6.45, 7) is 8.04. The van der Waals surface area contributed by atoms with Crippen molar-refractivity contribution < 1.29 is 14.3 Å². The van der Waals surface area contributed by atoms with E-state index in [0.29, 0.717) is 0 Å². The van der Waals surface area contributed by atoms with E-state index in [9.17, 15) is 9.59 Å². The first kappa shape index (κ1) is 20.1. The third-order valence-corrected chi connectivity index (χ3v) is 3.99. The third kappa shape index (κ3) is 10.5. The minimum atomic E-state index is -0.350. The van der Waals surface area contributed by atoms with Crippen LogP contribution in [0.4, 0.5) is 0 Å². The number of unbranched alkanes of at least 4 members (excludes halogenated alkanes) is 6. The molecule has 0 aliphatic heterocycles. The van der Waals surface area contributed by atoms with Crippen LogP contribution in [0.15, 0.2) is 0 Å². The number of hydrogen-bond acceptors (Lipinski definition) is 3. The first-order valence-corrected chi connectivity index (χ1v) is 8.78. The zero-order valence-corrected chi connectivity index (χ0v) is 14.5. The minimum absolute atomic E-state index is 0.168. The van der Waals surface area contributed by atoms with Gasteiger partial charge in [-0.2, -0.15) is 0 Å². The molecule has 0 N–H and O–H groups in total. The fourth-order valence-electron chi connectivity index (χ4n) is 2.29. The topological polar surface area (TPSA) is 43.4 Å². The molecule has 0 heterocycles. The summed E-state index contributed by atoms with van der Waals surface area (Å²) in [7, 11) is 0. The van der Waals surface area contributed by atoms with Crippen LogP contribution in [0.5, 0.6) is 0 Å². The van der Waals surface area contributed by atoms with Crippen molar-refractivity contribution in [3.63, 3.8) is 0 Å². The van der Waals surface area contributed by atoms with Gasteiger partial charge in [0, 0.05) is 0 Å². The molecule has 0 aliphatic carbocycles. The van der Waals surface area contributed by atoms with Gasteiger partial charge in [0.05, 0.1) is 11.8 Å². The van der Waals surface area contributed by atoms with Gasteiger partial charge in [-0.25, -0.2) is 0 Å². The van der Waals surface area contributed by atoms with Crippen molar-refractivity contribution in [1.82, 2.24) is 0 Å². The Morgan fingerprint density at radius 2 is 1.10 bits per heavy atom. The highest BCUT2D eigenvalue weighted by molar-refractivity contribution is 5.87. The maximum absolute atomic E-state index is 11.9. The van der Waals surface area contributed by atoms with Gasteiger partial charge in [0.15, 0.2) is 0 Å². The maximum Gasteiger partial charge on any atom is 0.316 e. The highest BCUT2D eigenvalue weighted by Crippen LogP contribution is 2.15. The molecule has 2 unspecified atom stereocenters. The van der Waals surface area contributed by atoms with Gasteiger partial charge in [0.25, 0.3) is 0 Å². The van der Waals surface area contributed by atoms with E-state index in [1.54, 1.807) is 0 Å². The quantitative estimate of drug-likeness (QED) is 0.280. The van der Waals surface area contributed by atoms with Crippen LogP contribution >= 0.6 is 0 Å². The summed E-state index contributed by atoms with van der Waals surface area (Å²) in [5, 5.41) is 0. The number of rotatable bonds is 12. The van der Waals surface area contributed by atoms with Crippen LogP contribution in [0, 0.1) is 11.8 Å². The summed E-state index contributed by atoms with van der Waals surface area (Å²) in [5.74, 6) is -1.04. The van der Waals surface area contributed by atoms with Crippen LogP contribution in [0.3, 0.4) is 0 Å². The Bertz CT molecular complexity index is 258. The third-order valence-electron chi connectivity index (χ3n) is 3.99. The minimum Gasteiger partial charge on any atom is -0.393 e. The molecule has 0 spiro atoms. The molecule has 0 rings (SSSR count). The molecule has 2 atom stereocenters. The molecule has 3 nitrogen and oxygen atoms in total. The molecule has 21 heavy (non-hydrogen) atoms. The van der Waals surface area contributed by atoms with Crippen molar-refractivity contribution in [2.45, 2.75) is 91.9 Å². The maximum atomic E-state index is 11.9. The van der Waals surface area contributed by atoms with Crippen molar-refractivity contribution in [2.24, 2.45) is 11.8 Å². The molecule has 0 aliphatic rings. The molecule has 0 amide bonds. The number of esters is 2. The lowest BCUT2D eigenvalue weighted by Crippen LogP contribution is -2.23. The summed E-state index contributed by atoms with van der Waals surface area (Å²) < 4.78 is 5.01. The molecule has 0 aromatic heterocycles. The molecular weight excluding hydrogens is 264 g/mol. The Labute approximate surface area is 130 Å². The number of carbonyl (C=O) groups excluding carboxylic acids is 2. The number of ether oxygens (including phenoxy) is 1. The van der Waals surface area contributed by atoms with Crippen molar-refractivity contribution >= 4 is 11.9 Å². The monoisotopic (exact) mass is 298 g/mol. The second-order valence-corrected chi connectivity index (χ2v) is 6.24. The van der Waals surface area contributed by atoms with Crippen molar-refractivity contribution in [1.29, 1.82) is 0 Å². The van der Waals surface area contributed by atoms with Crippen LogP contribution in [-0.4, -0.2) is 11.9 Å². The summed E-state index contributed by atoms with van der Waals surface area (Å²) in [5.41, 5.74) is 0. The average molecular weight is 298 g/mol. The van der Waals surface area contributed by atoms with Gasteiger partial charge < -0.3 is 4.74 Å².